The summed E-state index contributed by atoms with van der Waals surface area (Å²) in [6.45, 7) is 1.67. The number of alkyl carbamates (subject to hydrolysis) is 2. The molecule has 2 aromatic heterocycles. The number of aromatic nitrogens is 3. The number of hydrogen-bond acceptors (Lipinski definition) is 13. The van der Waals surface area contributed by atoms with Gasteiger partial charge < -0.3 is 40.2 Å². The van der Waals surface area contributed by atoms with Gasteiger partial charge in [-0.1, -0.05) is 48.2 Å². The molecule has 0 aliphatic carbocycles. The van der Waals surface area contributed by atoms with Gasteiger partial charge in [-0.2, -0.15) is 40.2 Å². The Morgan fingerprint density at radius 1 is 0.785 bits per heavy atom. The highest BCUT2D eigenvalue weighted by molar-refractivity contribution is 5.87. The number of pyridine rings is 1. The number of rotatable bonds is 19. The summed E-state index contributed by atoms with van der Waals surface area (Å²) in [7, 11) is 1.92. The third kappa shape index (κ3) is 14.2. The van der Waals surface area contributed by atoms with Crippen molar-refractivity contribution in [2.45, 2.75) is 115 Å². The molecule has 18 nitrogen and oxygen atoms in total. The van der Waals surface area contributed by atoms with Crippen LogP contribution in [0.1, 0.15) is 69.3 Å². The van der Waals surface area contributed by atoms with Crippen LogP contribution in [0.3, 0.4) is 0 Å². The number of aliphatic hydroxyl groups is 1. The van der Waals surface area contributed by atoms with Gasteiger partial charge in [0.25, 0.3) is 5.91 Å². The summed E-state index contributed by atoms with van der Waals surface area (Å²) in [5.74, 6) is 4.05. The van der Waals surface area contributed by atoms with Crippen molar-refractivity contribution in [3.8, 4) is 23.0 Å². The fourth-order valence-electron chi connectivity index (χ4n) is 9.52. The van der Waals surface area contributed by atoms with E-state index >= 15 is 0 Å². The Labute approximate surface area is 450 Å². The average molecular weight is 1120 g/mol. The summed E-state index contributed by atoms with van der Waals surface area (Å²) in [4.78, 5) is 62.5. The van der Waals surface area contributed by atoms with E-state index in [1.54, 1.807) is 30.5 Å². The number of piperazine rings is 1. The highest BCUT2D eigenvalue weighted by Gasteiger charge is 2.58. The van der Waals surface area contributed by atoms with Crippen LogP contribution in [0, 0.1) is 22.7 Å². The first kappa shape index (κ1) is 59.6. The Morgan fingerprint density at radius 3 is 1.92 bits per heavy atom. The maximum atomic E-state index is 14.6. The minimum Gasteiger partial charge on any atom is -0.453 e. The van der Waals surface area contributed by atoms with E-state index in [-0.39, 0.29) is 12.0 Å². The zero-order chi connectivity index (χ0) is 57.6. The van der Waals surface area contributed by atoms with Crippen LogP contribution in [0.5, 0.6) is 0 Å². The van der Waals surface area contributed by atoms with Crippen LogP contribution in [-0.4, -0.2) is 156 Å². The number of nitrogens with zero attached hydrogens (tertiary/aromatic N) is 6. The topological polar surface area (TPSA) is 205 Å². The maximum Gasteiger partial charge on any atom is 0.407 e. The highest BCUT2D eigenvalue weighted by atomic mass is 19.4. The first-order chi connectivity index (χ1) is 37.2. The van der Waals surface area contributed by atoms with E-state index in [9.17, 15) is 59.4 Å². The summed E-state index contributed by atoms with van der Waals surface area (Å²) in [5.41, 5.74) is -1.16. The van der Waals surface area contributed by atoms with Gasteiger partial charge in [-0.3, -0.25) is 19.9 Å². The van der Waals surface area contributed by atoms with E-state index in [1.807, 2.05) is 22.8 Å². The predicted octanol–water partition coefficient (Wildman–Crippen LogP) is 6.34. The summed E-state index contributed by atoms with van der Waals surface area (Å²) in [6.07, 6.45) is -11.6. The smallest absolute Gasteiger partial charge is 0.407 e. The van der Waals surface area contributed by atoms with Crippen LogP contribution < -0.4 is 26.3 Å². The molecule has 0 radical (unpaired) electrons. The number of nitrogens with one attached hydrogen (secondary N) is 4. The summed E-state index contributed by atoms with van der Waals surface area (Å²) in [6, 6.07) is 13.5. The Morgan fingerprint density at radius 2 is 1.39 bits per heavy atom. The molecule has 26 heteroatoms. The molecule has 3 fully saturated rings. The number of halogens is 8. The van der Waals surface area contributed by atoms with Crippen LogP contribution in [-0.2, 0) is 36.8 Å². The third-order valence-corrected chi connectivity index (χ3v) is 14.6. The number of anilines is 1. The largest absolute Gasteiger partial charge is 0.453 e. The molecule has 2 aromatic carbocycles. The fraction of sp³-hybridized carbons (Fsp3) is 0.509. The van der Waals surface area contributed by atoms with Crippen molar-refractivity contribution >= 4 is 29.8 Å². The van der Waals surface area contributed by atoms with Gasteiger partial charge in [0.1, 0.15) is 17.3 Å². The molecular formula is C53H62F8N10O8. The van der Waals surface area contributed by atoms with Crippen molar-refractivity contribution in [1.82, 2.24) is 46.0 Å². The second-order valence-electron chi connectivity index (χ2n) is 20.8. The van der Waals surface area contributed by atoms with Gasteiger partial charge in [-0.25, -0.2) is 24.3 Å². The van der Waals surface area contributed by atoms with Gasteiger partial charge in [0.2, 0.25) is 5.91 Å². The number of benzene rings is 2. The van der Waals surface area contributed by atoms with Crippen LogP contribution >= 0.6 is 0 Å². The molecular weight excluding hydrogens is 1060 g/mol. The number of hydrazine groups is 1. The maximum absolute atomic E-state index is 14.6. The predicted molar refractivity (Wildman–Crippen MR) is 270 cm³/mol. The SMILES string of the molecule is CNC(=O)O[C@H](C(=O)NN(Cc1ccc(-c2cnn(C(F)F)c2)cc1)C[C@H](O)[C@H](Cc1ccc(C#Cc2ccc(N3C[C@@H]4CC[C@@H](C3)N4C3COC3)nc2)cc1)NC(=O)[C@@H](NC(=O)OC)C(C)(C)C(F)(F)F)C(C)(C)C(F)(F)F. The van der Waals surface area contributed by atoms with Crippen LogP contribution in [0.4, 0.5) is 50.5 Å². The van der Waals surface area contributed by atoms with E-state index in [2.05, 4.69) is 42.2 Å². The second-order valence-corrected chi connectivity index (χ2v) is 20.8. The number of amides is 4. The van der Waals surface area contributed by atoms with Gasteiger partial charge >= 0.3 is 31.1 Å². The molecule has 4 amide bonds. The molecule has 79 heavy (non-hydrogen) atoms. The first-order valence-corrected chi connectivity index (χ1v) is 25.2. The molecule has 6 atom stereocenters. The molecule has 3 aliphatic rings. The van der Waals surface area contributed by atoms with Crippen molar-refractivity contribution < 1.29 is 73.6 Å². The molecule has 3 saturated heterocycles. The third-order valence-electron chi connectivity index (χ3n) is 14.6. The molecule has 428 valence electrons. The Hall–Kier alpha value is -7.08. The number of aliphatic hydroxyl groups excluding tert-OH is 1. The van der Waals surface area contributed by atoms with E-state index in [0.29, 0.717) is 78.3 Å². The van der Waals surface area contributed by atoms with Crippen molar-refractivity contribution in [1.29, 1.82) is 0 Å². The molecule has 2 bridgehead atoms. The molecule has 7 rings (SSSR count). The van der Waals surface area contributed by atoms with Crippen LogP contribution in [0.15, 0.2) is 79.3 Å². The number of alkyl halides is 8. The number of hydrogen-bond donors (Lipinski definition) is 5. The average Bonchev–Trinajstić information content (AvgIpc) is 4.05. The van der Waals surface area contributed by atoms with Crippen LogP contribution in [0.25, 0.3) is 11.1 Å². The zero-order valence-electron chi connectivity index (χ0n) is 44.0. The molecule has 0 spiro atoms. The van der Waals surface area contributed by atoms with Crippen molar-refractivity contribution in [3.63, 3.8) is 0 Å². The summed E-state index contributed by atoms with van der Waals surface area (Å²) in [5, 5.41) is 23.0. The Bertz CT molecular complexity index is 2810. The molecule has 0 unspecified atom stereocenters. The van der Waals surface area contributed by atoms with Crippen molar-refractivity contribution in [2.75, 3.05) is 51.9 Å². The molecule has 4 aromatic rings. The lowest BCUT2D eigenvalue weighted by Gasteiger charge is -2.47. The Balaban J connectivity index is 1.15. The molecule has 3 aliphatic heterocycles. The van der Waals surface area contributed by atoms with Gasteiger partial charge in [-0.05, 0) is 87.9 Å². The Kier molecular flexibility index (Phi) is 18.5. The summed E-state index contributed by atoms with van der Waals surface area (Å²) >= 11 is 0. The fourth-order valence-corrected chi connectivity index (χ4v) is 9.52. The molecule has 5 N–H and O–H groups in total. The van der Waals surface area contributed by atoms with Gasteiger partial charge in [0.05, 0.1) is 50.1 Å². The van der Waals surface area contributed by atoms with E-state index in [4.69, 9.17) is 14.5 Å². The normalized spacial score (nSPS) is 18.6. The molecule has 5 heterocycles. The number of carbonyl (C=O) groups excluding carboxylic acids is 4. The second kappa shape index (κ2) is 24.5. The van der Waals surface area contributed by atoms with E-state index in [0.717, 1.165) is 70.3 Å². The quantitative estimate of drug-likeness (QED) is 0.0396. The minimum absolute atomic E-state index is 0.289. The van der Waals surface area contributed by atoms with Gasteiger partial charge in [0.15, 0.2) is 6.10 Å². The lowest BCUT2D eigenvalue weighted by molar-refractivity contribution is -0.239. The van der Waals surface area contributed by atoms with E-state index < -0.39 is 91.1 Å². The highest BCUT2D eigenvalue weighted by Crippen LogP contribution is 2.43. The lowest BCUT2D eigenvalue weighted by Crippen LogP contribution is -2.62. The van der Waals surface area contributed by atoms with E-state index in [1.165, 1.54) is 30.5 Å². The molecule has 0 saturated carbocycles. The number of fused-ring (bicyclic) bond motifs is 2. The number of ether oxygens (including phenoxy) is 3. The van der Waals surface area contributed by atoms with Crippen molar-refractivity contribution in [2.24, 2.45) is 10.8 Å². The lowest BCUT2D eigenvalue weighted by atomic mass is 9.82. The van der Waals surface area contributed by atoms with Crippen LogP contribution in [0.2, 0.25) is 0 Å². The van der Waals surface area contributed by atoms with Gasteiger partial charge in [0, 0.05) is 74.4 Å². The summed E-state index contributed by atoms with van der Waals surface area (Å²) < 4.78 is 129. The van der Waals surface area contributed by atoms with Crippen molar-refractivity contribution in [3.05, 3.63) is 102 Å². The zero-order valence-corrected chi connectivity index (χ0v) is 44.0. The number of carbonyl (C=O) groups is 4. The monoisotopic (exact) mass is 1120 g/mol. The minimum atomic E-state index is -5.14. The standard InChI is InChI=1S/C53H62F8N10O8/c1-50(2,52(56,57)58)43(66-49(76)77-6)45(73)65-40(21-32-10-7-31(8-11-32)9-12-33-15-20-42(63-22-33)68-26-37-18-19-38(27-68)71(37)39-29-78-30-39)41(72)28-69(67-46(74)44(79-48(75)62-5)51(3,4)53(59,60)61)24-34-13-16-35(17-14-34)36-23-64-70(25-36)47(54)55/h7-8,10-11,13-17,20,22-23,25,37-41,43-44,47,72H,18-19,21,24,26-30H2,1-6H3,(H,62,75)(H,65,73)(H,66,76)(H,67,74)/t37-,38-,40-,41-,43+,44+/m0/s1. The number of methoxy groups -OCH3 is 1. The van der Waals surface area contributed by atoms with Gasteiger partial charge in [-0.15, -0.1) is 0 Å². The first-order valence-electron chi connectivity index (χ1n) is 25.2.